The molecule has 8 heteroatoms. The van der Waals surface area contributed by atoms with E-state index in [4.69, 9.17) is 0 Å². The van der Waals surface area contributed by atoms with Crippen molar-refractivity contribution in [2.75, 3.05) is 42.9 Å². The number of halogens is 1. The number of carbonyl (C=O) groups is 1. The van der Waals surface area contributed by atoms with Crippen LogP contribution in [0.3, 0.4) is 0 Å². The van der Waals surface area contributed by atoms with Gasteiger partial charge in [0.05, 0.1) is 10.6 Å². The Morgan fingerprint density at radius 3 is 2.44 bits per heavy atom. The first-order chi connectivity index (χ1) is 13.0. The summed E-state index contributed by atoms with van der Waals surface area (Å²) in [5.41, 5.74) is 1.57. The second-order valence-corrected chi connectivity index (χ2v) is 7.21. The largest absolute Gasteiger partial charge is 0.363 e. The van der Waals surface area contributed by atoms with Gasteiger partial charge in [-0.2, -0.15) is 0 Å². The van der Waals surface area contributed by atoms with Crippen LogP contribution in [0.4, 0.5) is 17.1 Å². The molecule has 142 valence electrons. The lowest BCUT2D eigenvalue weighted by Gasteiger charge is -2.35. The zero-order chi connectivity index (χ0) is 19.2. The smallest absolute Gasteiger partial charge is 0.292 e. The number of piperazine rings is 1. The zero-order valence-corrected chi connectivity index (χ0v) is 16.4. The molecule has 0 radical (unpaired) electrons. The maximum Gasteiger partial charge on any atom is 0.292 e. The molecule has 1 aliphatic rings. The molecule has 2 aromatic rings. The summed E-state index contributed by atoms with van der Waals surface area (Å²) in [6.07, 6.45) is 0.410. The van der Waals surface area contributed by atoms with Crippen molar-refractivity contribution in [1.82, 2.24) is 4.90 Å². The molecule has 1 amide bonds. The fourth-order valence-electron chi connectivity index (χ4n) is 3.13. The van der Waals surface area contributed by atoms with Gasteiger partial charge in [-0.3, -0.25) is 19.8 Å². The third kappa shape index (κ3) is 5.05. The van der Waals surface area contributed by atoms with Gasteiger partial charge >= 0.3 is 0 Å². The number of benzene rings is 2. The lowest BCUT2D eigenvalue weighted by molar-refractivity contribution is -0.384. The number of nitro benzene ring substituents is 1. The Labute approximate surface area is 166 Å². The molecule has 1 heterocycles. The molecule has 0 aliphatic carbocycles. The fraction of sp³-hybridized carbons (Fsp3) is 0.316. The maximum atomic E-state index is 12.2. The number of amides is 1. The number of anilines is 2. The molecular weight excluding hydrogens is 412 g/mol. The van der Waals surface area contributed by atoms with Gasteiger partial charge in [0.2, 0.25) is 5.91 Å². The summed E-state index contributed by atoms with van der Waals surface area (Å²) in [4.78, 5) is 27.3. The standard InChI is InChI=1S/C19H21BrN4O3/c20-15-5-1-2-6-16(15)21-19(25)9-10-22-11-13-23(14-12-22)17-7-3-4-8-18(17)24(26)27/h1-8H,9-14H2,(H,21,25). The molecule has 7 nitrogen and oxygen atoms in total. The second-order valence-electron chi connectivity index (χ2n) is 6.35. The minimum atomic E-state index is -0.340. The van der Waals surface area contributed by atoms with Gasteiger partial charge in [-0.05, 0) is 34.1 Å². The number of rotatable bonds is 6. The number of hydrogen-bond acceptors (Lipinski definition) is 5. The highest BCUT2D eigenvalue weighted by molar-refractivity contribution is 9.10. The molecule has 0 spiro atoms. The normalized spacial score (nSPS) is 14.8. The van der Waals surface area contributed by atoms with Gasteiger partial charge in [-0.1, -0.05) is 24.3 Å². The molecule has 0 unspecified atom stereocenters. The van der Waals surface area contributed by atoms with Crippen LogP contribution >= 0.6 is 15.9 Å². The predicted molar refractivity (Wildman–Crippen MR) is 109 cm³/mol. The molecule has 0 saturated carbocycles. The lowest BCUT2D eigenvalue weighted by atomic mass is 10.2. The van der Waals surface area contributed by atoms with Crippen LogP contribution < -0.4 is 10.2 Å². The summed E-state index contributed by atoms with van der Waals surface area (Å²) in [6, 6.07) is 14.3. The molecule has 0 atom stereocenters. The Morgan fingerprint density at radius 1 is 1.07 bits per heavy atom. The minimum absolute atomic E-state index is 0.0250. The quantitative estimate of drug-likeness (QED) is 0.557. The number of nitrogens with zero attached hydrogens (tertiary/aromatic N) is 3. The van der Waals surface area contributed by atoms with E-state index in [0.717, 1.165) is 23.2 Å². The van der Waals surface area contributed by atoms with Crippen molar-refractivity contribution in [3.63, 3.8) is 0 Å². The Balaban J connectivity index is 1.48. The average Bonchev–Trinajstić information content (AvgIpc) is 2.68. The molecule has 1 fully saturated rings. The van der Waals surface area contributed by atoms with Crippen LogP contribution in [0, 0.1) is 10.1 Å². The fourth-order valence-corrected chi connectivity index (χ4v) is 3.52. The highest BCUT2D eigenvalue weighted by Crippen LogP contribution is 2.28. The number of carbonyl (C=O) groups excluding carboxylic acids is 1. The van der Waals surface area contributed by atoms with E-state index in [1.807, 2.05) is 35.2 Å². The van der Waals surface area contributed by atoms with E-state index < -0.39 is 0 Å². The first kappa shape index (κ1) is 19.3. The van der Waals surface area contributed by atoms with Gasteiger partial charge in [-0.15, -0.1) is 0 Å². The van der Waals surface area contributed by atoms with E-state index in [1.54, 1.807) is 12.1 Å². The average molecular weight is 433 g/mol. The van der Waals surface area contributed by atoms with Crippen LogP contribution in [0.15, 0.2) is 53.0 Å². The van der Waals surface area contributed by atoms with Crippen LogP contribution in [0.5, 0.6) is 0 Å². The Bertz CT molecular complexity index is 822. The minimum Gasteiger partial charge on any atom is -0.363 e. The summed E-state index contributed by atoms with van der Waals surface area (Å²) in [5.74, 6) is -0.0250. The molecule has 0 aromatic heterocycles. The highest BCUT2D eigenvalue weighted by Gasteiger charge is 2.23. The van der Waals surface area contributed by atoms with E-state index in [1.165, 1.54) is 6.07 Å². The number of nitrogens with one attached hydrogen (secondary N) is 1. The highest BCUT2D eigenvalue weighted by atomic mass is 79.9. The number of nitro groups is 1. The van der Waals surface area contributed by atoms with Crippen molar-refractivity contribution in [2.45, 2.75) is 6.42 Å². The van der Waals surface area contributed by atoms with Crippen molar-refractivity contribution < 1.29 is 9.72 Å². The molecule has 27 heavy (non-hydrogen) atoms. The third-order valence-electron chi connectivity index (χ3n) is 4.59. The van der Waals surface area contributed by atoms with Crippen molar-refractivity contribution >= 4 is 38.9 Å². The van der Waals surface area contributed by atoms with Gasteiger partial charge in [0.15, 0.2) is 0 Å². The van der Waals surface area contributed by atoms with E-state index in [9.17, 15) is 14.9 Å². The van der Waals surface area contributed by atoms with Crippen LogP contribution in [0.25, 0.3) is 0 Å². The maximum absolute atomic E-state index is 12.2. The number of hydrogen-bond donors (Lipinski definition) is 1. The second kappa shape index (κ2) is 8.96. The van der Waals surface area contributed by atoms with Crippen LogP contribution in [-0.4, -0.2) is 48.5 Å². The lowest BCUT2D eigenvalue weighted by Crippen LogP contribution is -2.47. The van der Waals surface area contributed by atoms with E-state index in [-0.39, 0.29) is 16.5 Å². The molecule has 2 aromatic carbocycles. The summed E-state index contributed by atoms with van der Waals surface area (Å²) < 4.78 is 0.858. The molecule has 0 bridgehead atoms. The Kier molecular flexibility index (Phi) is 6.41. The first-order valence-electron chi connectivity index (χ1n) is 8.79. The van der Waals surface area contributed by atoms with Crippen LogP contribution in [0.2, 0.25) is 0 Å². The van der Waals surface area contributed by atoms with Gasteiger partial charge in [0.25, 0.3) is 5.69 Å². The molecule has 1 aliphatic heterocycles. The first-order valence-corrected chi connectivity index (χ1v) is 9.59. The van der Waals surface area contributed by atoms with E-state index in [0.29, 0.717) is 31.7 Å². The summed E-state index contributed by atoms with van der Waals surface area (Å²) in [7, 11) is 0. The van der Waals surface area contributed by atoms with Gasteiger partial charge in [0.1, 0.15) is 5.69 Å². The molecule has 3 rings (SSSR count). The Hall–Kier alpha value is -2.45. The third-order valence-corrected chi connectivity index (χ3v) is 5.29. The van der Waals surface area contributed by atoms with Crippen molar-refractivity contribution in [2.24, 2.45) is 0 Å². The zero-order valence-electron chi connectivity index (χ0n) is 14.8. The van der Waals surface area contributed by atoms with Crippen molar-refractivity contribution in [3.8, 4) is 0 Å². The Morgan fingerprint density at radius 2 is 1.74 bits per heavy atom. The van der Waals surface area contributed by atoms with Gasteiger partial charge in [-0.25, -0.2) is 0 Å². The van der Waals surface area contributed by atoms with Gasteiger partial charge < -0.3 is 10.2 Å². The molecule has 1 saturated heterocycles. The van der Waals surface area contributed by atoms with Crippen molar-refractivity contribution in [3.05, 3.63) is 63.1 Å². The predicted octanol–water partition coefficient (Wildman–Crippen LogP) is 3.51. The van der Waals surface area contributed by atoms with E-state index >= 15 is 0 Å². The number of para-hydroxylation sites is 3. The molecule has 1 N–H and O–H groups in total. The van der Waals surface area contributed by atoms with Crippen molar-refractivity contribution in [1.29, 1.82) is 0 Å². The summed E-state index contributed by atoms with van der Waals surface area (Å²) in [6.45, 7) is 3.62. The summed E-state index contributed by atoms with van der Waals surface area (Å²) >= 11 is 3.42. The van der Waals surface area contributed by atoms with Gasteiger partial charge in [0, 0.05) is 49.7 Å². The van der Waals surface area contributed by atoms with E-state index in [2.05, 4.69) is 26.1 Å². The van der Waals surface area contributed by atoms with Crippen LogP contribution in [0.1, 0.15) is 6.42 Å². The SMILES string of the molecule is O=C(CCN1CCN(c2ccccc2[N+](=O)[O-])CC1)Nc1ccccc1Br. The van der Waals surface area contributed by atoms with Crippen LogP contribution in [-0.2, 0) is 4.79 Å². The molecular formula is C19H21BrN4O3. The summed E-state index contributed by atoms with van der Waals surface area (Å²) in [5, 5.41) is 14.1. The topological polar surface area (TPSA) is 78.7 Å². The monoisotopic (exact) mass is 432 g/mol.